The first-order valence-corrected chi connectivity index (χ1v) is 24.7. The number of unbranched alkanes of at least 4 members (excludes halogenated alkanes) is 4. The lowest BCUT2D eigenvalue weighted by atomic mass is 9.73. The van der Waals surface area contributed by atoms with Crippen LogP contribution in [-0.2, 0) is 14.9 Å². The molecule has 350 valence electrons. The quantitative estimate of drug-likeness (QED) is 0.0761. The van der Waals surface area contributed by atoms with Crippen molar-refractivity contribution in [2.24, 2.45) is 28.7 Å². The number of ether oxygens (including phenoxy) is 1. The number of halogens is 1. The Morgan fingerprint density at radius 1 is 0.968 bits per heavy atom. The Labute approximate surface area is 381 Å². The van der Waals surface area contributed by atoms with Gasteiger partial charge in [0, 0.05) is 29.6 Å². The van der Waals surface area contributed by atoms with Gasteiger partial charge < -0.3 is 15.0 Å². The Bertz CT molecular complexity index is 1640. The number of rotatable bonds is 21. The number of fused-ring (bicyclic) bond motifs is 1. The molecule has 2 heterocycles. The zero-order chi connectivity index (χ0) is 46.8. The fraction of sp³-hybridized carbons (Fsp3) is 0.643. The van der Waals surface area contributed by atoms with Gasteiger partial charge in [0.05, 0.1) is 30.0 Å². The van der Waals surface area contributed by atoms with Crippen LogP contribution in [0.4, 0.5) is 10.1 Å². The standard InChI is InChI=1S/C38H52FN3O.C7H14O.C7H16.C4H10/c1-10-16-34(33(39)15-6)41-28(9)27(8)35(40-21-13-4)22-26(7)30-17-18-32-36(25-30)42(31-23-29(14-5)24-31)37(43)38(32,19-11-2)20-12-3;1-3-6(2)7-4-8-5-7;1-3-5-7-6-4-2;1-4(2)3/h10,15-18,21-22,25,29,31,41H,6-7,11-14,19-20,23-24H2,1-5,8-9H3;6-7H,3-5H2,1-2H3;3-7H2,1-2H3;4H,1-3H3/b16-10-,28-27+,34-33-,35-22+,40-21?;;;. The molecule has 1 N–H and O–H groups in total. The molecule has 2 aliphatic heterocycles. The van der Waals surface area contributed by atoms with Gasteiger partial charge in [0.15, 0.2) is 0 Å². The summed E-state index contributed by atoms with van der Waals surface area (Å²) in [4.78, 5) is 21.2. The van der Waals surface area contributed by atoms with Crippen LogP contribution in [0.15, 0.2) is 89.1 Å². The van der Waals surface area contributed by atoms with Crippen molar-refractivity contribution >= 4 is 23.4 Å². The second-order valence-corrected chi connectivity index (χ2v) is 18.5. The zero-order valence-corrected chi connectivity index (χ0v) is 42.3. The van der Waals surface area contributed by atoms with E-state index >= 15 is 0 Å². The molecule has 5 nitrogen and oxygen atoms in total. The number of anilines is 1. The Morgan fingerprint density at radius 3 is 2.00 bits per heavy atom. The van der Waals surface area contributed by atoms with Crippen LogP contribution in [0.25, 0.3) is 5.57 Å². The lowest BCUT2D eigenvalue weighted by Crippen LogP contribution is -2.50. The SMILES string of the molecule is C=C/C(F)=C(\C=C/C)N/C(C)=C(C)/C(=C\C(=C)c1ccc2c(c1)N(C1CC(CC)C1)C(=O)C2(CCC)CCC)N=CCC.CC(C)C.CCC(C)C1COC1.CCCCCCC. The molecule has 0 spiro atoms. The molecule has 1 amide bonds. The van der Waals surface area contributed by atoms with Gasteiger partial charge >= 0.3 is 0 Å². The van der Waals surface area contributed by atoms with Crippen molar-refractivity contribution in [1.29, 1.82) is 0 Å². The molecule has 1 saturated carbocycles. The summed E-state index contributed by atoms with van der Waals surface area (Å²) < 4.78 is 19.5. The van der Waals surface area contributed by atoms with Gasteiger partial charge in [-0.25, -0.2) is 4.39 Å². The van der Waals surface area contributed by atoms with Crippen LogP contribution in [0.2, 0.25) is 0 Å². The summed E-state index contributed by atoms with van der Waals surface area (Å²) in [7, 11) is 0. The van der Waals surface area contributed by atoms with E-state index in [9.17, 15) is 9.18 Å². The molecular weight excluding hydrogens is 766 g/mol. The van der Waals surface area contributed by atoms with Crippen molar-refractivity contribution in [1.82, 2.24) is 5.32 Å². The molecule has 1 aliphatic carbocycles. The van der Waals surface area contributed by atoms with E-state index in [0.29, 0.717) is 11.6 Å². The van der Waals surface area contributed by atoms with Crippen molar-refractivity contribution < 1.29 is 13.9 Å². The predicted octanol–water partition coefficient (Wildman–Crippen LogP) is 16.6. The van der Waals surface area contributed by atoms with Crippen molar-refractivity contribution in [3.05, 3.63) is 95.3 Å². The molecule has 1 atom stereocenters. The topological polar surface area (TPSA) is 53.9 Å². The summed E-state index contributed by atoms with van der Waals surface area (Å²) in [6.45, 7) is 39.9. The van der Waals surface area contributed by atoms with E-state index in [1.807, 2.05) is 40.0 Å². The largest absolute Gasteiger partial charge is 0.381 e. The molecule has 0 bridgehead atoms. The van der Waals surface area contributed by atoms with Crippen molar-refractivity contribution in [3.63, 3.8) is 0 Å². The highest BCUT2D eigenvalue weighted by atomic mass is 19.1. The molecule has 1 saturated heterocycles. The van der Waals surface area contributed by atoms with E-state index in [1.165, 1.54) is 50.2 Å². The summed E-state index contributed by atoms with van der Waals surface area (Å²) in [6.07, 6.45) is 24.6. The Kier molecular flexibility index (Phi) is 27.8. The zero-order valence-electron chi connectivity index (χ0n) is 42.3. The maximum absolute atomic E-state index is 14.4. The summed E-state index contributed by atoms with van der Waals surface area (Å²) in [5.41, 5.74) is 6.34. The first-order valence-electron chi connectivity index (χ1n) is 24.7. The summed E-state index contributed by atoms with van der Waals surface area (Å²) in [6, 6.07) is 6.74. The van der Waals surface area contributed by atoms with Crippen molar-refractivity contribution in [2.45, 2.75) is 198 Å². The van der Waals surface area contributed by atoms with Gasteiger partial charge in [-0.1, -0.05) is 165 Å². The van der Waals surface area contributed by atoms with Crippen LogP contribution in [0.1, 0.15) is 198 Å². The minimum atomic E-state index is -0.441. The summed E-state index contributed by atoms with van der Waals surface area (Å²) >= 11 is 0. The highest BCUT2D eigenvalue weighted by Crippen LogP contribution is 2.52. The van der Waals surface area contributed by atoms with Crippen LogP contribution in [0.3, 0.4) is 0 Å². The van der Waals surface area contributed by atoms with Crippen molar-refractivity contribution in [3.8, 4) is 0 Å². The number of aliphatic imine (C=N–C) groups is 1. The lowest BCUT2D eigenvalue weighted by molar-refractivity contribution is -0.124. The van der Waals surface area contributed by atoms with E-state index in [-0.39, 0.29) is 11.9 Å². The molecule has 1 aromatic rings. The van der Waals surface area contributed by atoms with Crippen LogP contribution in [0.5, 0.6) is 0 Å². The number of amides is 1. The molecule has 62 heavy (non-hydrogen) atoms. The van der Waals surface area contributed by atoms with E-state index in [0.717, 1.165) is 116 Å². The molecule has 2 fully saturated rings. The third kappa shape index (κ3) is 17.2. The highest BCUT2D eigenvalue weighted by molar-refractivity contribution is 6.09. The number of hydrogen-bond acceptors (Lipinski definition) is 4. The van der Waals surface area contributed by atoms with E-state index in [2.05, 4.69) is 111 Å². The van der Waals surface area contributed by atoms with Gasteiger partial charge in [-0.15, -0.1) is 0 Å². The number of nitrogens with zero attached hydrogens (tertiary/aromatic N) is 2. The number of benzene rings is 1. The van der Waals surface area contributed by atoms with Gasteiger partial charge in [-0.3, -0.25) is 9.79 Å². The predicted molar refractivity (Wildman–Crippen MR) is 271 cm³/mol. The monoisotopic (exact) mass is 858 g/mol. The lowest BCUT2D eigenvalue weighted by Gasteiger charge is -2.42. The maximum atomic E-state index is 14.4. The summed E-state index contributed by atoms with van der Waals surface area (Å²) in [5.74, 6) is 3.15. The van der Waals surface area contributed by atoms with Crippen LogP contribution in [0, 0.1) is 23.7 Å². The first-order chi connectivity index (χ1) is 29.6. The third-order valence-electron chi connectivity index (χ3n) is 12.4. The minimum absolute atomic E-state index is 0.268. The fourth-order valence-corrected chi connectivity index (χ4v) is 8.08. The average Bonchev–Trinajstić information content (AvgIpc) is 3.43. The molecule has 4 rings (SSSR count). The van der Waals surface area contributed by atoms with Gasteiger partial charge in [-0.2, -0.15) is 0 Å². The van der Waals surface area contributed by atoms with Crippen LogP contribution >= 0.6 is 0 Å². The van der Waals surface area contributed by atoms with Crippen molar-refractivity contribution in [2.75, 3.05) is 18.1 Å². The van der Waals surface area contributed by atoms with Crippen LogP contribution in [-0.4, -0.2) is 31.4 Å². The third-order valence-corrected chi connectivity index (χ3v) is 12.4. The molecule has 0 radical (unpaired) electrons. The van der Waals surface area contributed by atoms with E-state index < -0.39 is 11.2 Å². The fourth-order valence-electron chi connectivity index (χ4n) is 8.08. The normalized spacial score (nSPS) is 19.5. The maximum Gasteiger partial charge on any atom is 0.237 e. The van der Waals surface area contributed by atoms with E-state index in [4.69, 9.17) is 9.73 Å². The number of carbonyl (C=O) groups excluding carboxylic acids is 1. The van der Waals surface area contributed by atoms with Gasteiger partial charge in [0.1, 0.15) is 5.83 Å². The summed E-state index contributed by atoms with van der Waals surface area (Å²) in [5, 5.41) is 3.19. The minimum Gasteiger partial charge on any atom is -0.381 e. The first kappa shape index (κ1) is 56.5. The number of hydrogen-bond donors (Lipinski definition) is 1. The van der Waals surface area contributed by atoms with Gasteiger partial charge in [-0.05, 0) is 117 Å². The van der Waals surface area contributed by atoms with E-state index in [1.54, 1.807) is 12.2 Å². The smallest absolute Gasteiger partial charge is 0.237 e. The van der Waals surface area contributed by atoms with Gasteiger partial charge in [0.25, 0.3) is 0 Å². The molecule has 6 heteroatoms. The molecule has 0 aromatic heterocycles. The Hall–Kier alpha value is -3.51. The molecular formula is C56H92FN3O2. The van der Waals surface area contributed by atoms with Gasteiger partial charge in [0.2, 0.25) is 5.91 Å². The second-order valence-electron chi connectivity index (χ2n) is 18.5. The number of carbonyl (C=O) groups is 1. The average molecular weight is 858 g/mol. The van der Waals surface area contributed by atoms with Crippen LogP contribution < -0.4 is 10.2 Å². The number of nitrogens with one attached hydrogen (secondary N) is 1. The number of allylic oxidation sites excluding steroid dienone is 8. The highest BCUT2D eigenvalue weighted by Gasteiger charge is 2.53. The molecule has 1 aromatic carbocycles. The second kappa shape index (κ2) is 30.6. The molecule has 3 aliphatic rings. The Balaban J connectivity index is 0.000000830. The Morgan fingerprint density at radius 2 is 1.56 bits per heavy atom. The molecule has 1 unspecified atom stereocenters.